The van der Waals surface area contributed by atoms with Gasteiger partial charge in [-0.15, -0.1) is 0 Å². The fraction of sp³-hybridized carbons (Fsp3) is 0.190. The van der Waals surface area contributed by atoms with Crippen LogP contribution in [0.15, 0.2) is 65.8 Å². The lowest BCUT2D eigenvalue weighted by molar-refractivity contribution is -0.136. The van der Waals surface area contributed by atoms with E-state index >= 15 is 0 Å². The normalized spacial score (nSPS) is 16.8. The van der Waals surface area contributed by atoms with Gasteiger partial charge in [-0.05, 0) is 42.7 Å². The number of esters is 1. The third-order valence-electron chi connectivity index (χ3n) is 4.53. The van der Waals surface area contributed by atoms with E-state index in [9.17, 15) is 10.1 Å². The highest BCUT2D eigenvalue weighted by molar-refractivity contribution is 5.97. The Morgan fingerprint density at radius 2 is 1.96 bits per heavy atom. The Labute approximate surface area is 152 Å². The van der Waals surface area contributed by atoms with E-state index in [0.717, 1.165) is 28.1 Å². The molecule has 2 aromatic rings. The van der Waals surface area contributed by atoms with E-state index in [1.807, 2.05) is 44.2 Å². The number of ether oxygens (including phenoxy) is 1. The second-order valence-corrected chi connectivity index (χ2v) is 6.07. The van der Waals surface area contributed by atoms with Gasteiger partial charge >= 0.3 is 5.97 Å². The van der Waals surface area contributed by atoms with Crippen molar-refractivity contribution < 1.29 is 9.53 Å². The zero-order valence-electron chi connectivity index (χ0n) is 14.9. The molecule has 0 spiro atoms. The van der Waals surface area contributed by atoms with E-state index in [1.165, 1.54) is 7.11 Å². The van der Waals surface area contributed by atoms with Crippen molar-refractivity contribution in [3.63, 3.8) is 0 Å². The fourth-order valence-corrected chi connectivity index (χ4v) is 3.44. The zero-order valence-corrected chi connectivity index (χ0v) is 14.9. The van der Waals surface area contributed by atoms with E-state index in [2.05, 4.69) is 16.4 Å². The molecule has 0 saturated heterocycles. The molecule has 1 atom stereocenters. The number of aromatic nitrogens is 1. The molecule has 1 aromatic heterocycles. The average molecular weight is 345 g/mol. The van der Waals surface area contributed by atoms with Gasteiger partial charge in [0.25, 0.3) is 0 Å². The number of hydrogen-bond donors (Lipinski definition) is 1. The molecule has 0 saturated carbocycles. The van der Waals surface area contributed by atoms with Gasteiger partial charge in [-0.3, -0.25) is 4.98 Å². The third-order valence-corrected chi connectivity index (χ3v) is 4.53. The Balaban J connectivity index is 2.31. The van der Waals surface area contributed by atoms with E-state index in [0.29, 0.717) is 11.1 Å². The summed E-state index contributed by atoms with van der Waals surface area (Å²) in [7, 11) is 1.37. The minimum Gasteiger partial charge on any atom is -0.466 e. The van der Waals surface area contributed by atoms with Crippen LogP contribution >= 0.6 is 0 Å². The second kappa shape index (κ2) is 7.24. The number of nitrogens with zero attached hydrogens (tertiary/aromatic N) is 2. The molecular formula is C21H19N3O2. The van der Waals surface area contributed by atoms with E-state index in [1.54, 1.807) is 18.5 Å². The first kappa shape index (κ1) is 17.4. The minimum atomic E-state index is -0.415. The van der Waals surface area contributed by atoms with Crippen molar-refractivity contribution in [2.24, 2.45) is 0 Å². The van der Waals surface area contributed by atoms with Crippen LogP contribution in [0, 0.1) is 11.3 Å². The lowest BCUT2D eigenvalue weighted by Crippen LogP contribution is -2.28. The number of rotatable bonds is 3. The molecular weight excluding hydrogens is 326 g/mol. The number of nitrogens with one attached hydrogen (secondary N) is 1. The predicted octanol–water partition coefficient (Wildman–Crippen LogP) is 3.52. The Morgan fingerprint density at radius 1 is 1.19 bits per heavy atom. The summed E-state index contributed by atoms with van der Waals surface area (Å²) in [4.78, 5) is 16.8. The molecule has 1 unspecified atom stereocenters. The number of carbonyl (C=O) groups excluding carboxylic acids is 1. The monoisotopic (exact) mass is 345 g/mol. The first-order valence-electron chi connectivity index (χ1n) is 8.24. The third kappa shape index (κ3) is 2.98. The highest BCUT2D eigenvalue weighted by Gasteiger charge is 2.35. The van der Waals surface area contributed by atoms with Crippen molar-refractivity contribution in [1.29, 1.82) is 5.26 Å². The maximum Gasteiger partial charge on any atom is 0.336 e. The largest absolute Gasteiger partial charge is 0.466 e. The number of hydrogen-bond acceptors (Lipinski definition) is 5. The van der Waals surface area contributed by atoms with Crippen LogP contribution in [0.5, 0.6) is 0 Å². The summed E-state index contributed by atoms with van der Waals surface area (Å²) in [6, 6.07) is 13.4. The molecule has 1 aliphatic heterocycles. The number of dihydropyridines is 1. The van der Waals surface area contributed by atoms with Crippen LogP contribution in [0.2, 0.25) is 0 Å². The van der Waals surface area contributed by atoms with Gasteiger partial charge in [0, 0.05) is 29.7 Å². The first-order valence-corrected chi connectivity index (χ1v) is 8.24. The topological polar surface area (TPSA) is 75.0 Å². The quantitative estimate of drug-likeness (QED) is 0.862. The number of carbonyl (C=O) groups is 1. The number of methoxy groups -OCH3 is 1. The molecule has 3 rings (SSSR count). The van der Waals surface area contributed by atoms with Gasteiger partial charge in [0.15, 0.2) is 0 Å². The summed E-state index contributed by atoms with van der Waals surface area (Å²) < 4.78 is 5.05. The maximum absolute atomic E-state index is 12.6. The van der Waals surface area contributed by atoms with Crippen LogP contribution in [0.1, 0.15) is 36.5 Å². The van der Waals surface area contributed by atoms with Gasteiger partial charge in [0.05, 0.1) is 24.3 Å². The van der Waals surface area contributed by atoms with E-state index in [4.69, 9.17) is 4.74 Å². The smallest absolute Gasteiger partial charge is 0.336 e. The molecule has 26 heavy (non-hydrogen) atoms. The molecule has 0 fully saturated rings. The minimum absolute atomic E-state index is 0.413. The molecule has 0 radical (unpaired) electrons. The van der Waals surface area contributed by atoms with Gasteiger partial charge in [0.2, 0.25) is 0 Å². The number of pyridine rings is 1. The van der Waals surface area contributed by atoms with Crippen LogP contribution in [0.25, 0.3) is 5.57 Å². The van der Waals surface area contributed by atoms with Crippen molar-refractivity contribution in [3.05, 3.63) is 82.4 Å². The summed E-state index contributed by atoms with van der Waals surface area (Å²) >= 11 is 0. The van der Waals surface area contributed by atoms with Gasteiger partial charge in [-0.2, -0.15) is 5.26 Å². The zero-order chi connectivity index (χ0) is 18.7. The number of nitriles is 1. The Hall–Kier alpha value is -3.39. The van der Waals surface area contributed by atoms with Crippen LogP contribution < -0.4 is 5.32 Å². The van der Waals surface area contributed by atoms with Crippen molar-refractivity contribution >= 4 is 11.5 Å². The highest BCUT2D eigenvalue weighted by atomic mass is 16.5. The maximum atomic E-state index is 12.6. The molecule has 2 heterocycles. The van der Waals surface area contributed by atoms with E-state index < -0.39 is 11.9 Å². The number of benzene rings is 1. The van der Waals surface area contributed by atoms with Crippen molar-refractivity contribution in [2.75, 3.05) is 7.11 Å². The fourth-order valence-electron chi connectivity index (χ4n) is 3.44. The highest BCUT2D eigenvalue weighted by Crippen LogP contribution is 2.44. The van der Waals surface area contributed by atoms with Gasteiger partial charge in [-0.1, -0.05) is 24.3 Å². The molecule has 0 aliphatic carbocycles. The molecule has 1 aromatic carbocycles. The molecule has 1 N–H and O–H groups in total. The first-order chi connectivity index (χ1) is 12.6. The predicted molar refractivity (Wildman–Crippen MR) is 98.6 cm³/mol. The van der Waals surface area contributed by atoms with Gasteiger partial charge < -0.3 is 10.1 Å². The average Bonchev–Trinajstić information content (AvgIpc) is 2.67. The summed E-state index contributed by atoms with van der Waals surface area (Å²) in [5.41, 5.74) is 5.24. The Morgan fingerprint density at radius 3 is 2.62 bits per heavy atom. The van der Waals surface area contributed by atoms with Crippen LogP contribution in [0.4, 0.5) is 0 Å². The lowest BCUT2D eigenvalue weighted by atomic mass is 9.76. The SMILES string of the molecule is COC(=O)C1=C(C)NC(C)=C(c2cccnc2)C1c1ccccc1C#N. The number of allylic oxidation sites excluding steroid dienone is 3. The summed E-state index contributed by atoms with van der Waals surface area (Å²) in [6.07, 6.45) is 3.47. The van der Waals surface area contributed by atoms with Crippen molar-refractivity contribution in [2.45, 2.75) is 19.8 Å². The van der Waals surface area contributed by atoms with E-state index in [-0.39, 0.29) is 0 Å². The molecule has 1 aliphatic rings. The second-order valence-electron chi connectivity index (χ2n) is 6.07. The Kier molecular flexibility index (Phi) is 4.85. The molecule has 130 valence electrons. The van der Waals surface area contributed by atoms with Crippen LogP contribution in [0.3, 0.4) is 0 Å². The van der Waals surface area contributed by atoms with Gasteiger partial charge in [0.1, 0.15) is 0 Å². The lowest BCUT2D eigenvalue weighted by Gasteiger charge is -2.32. The summed E-state index contributed by atoms with van der Waals surface area (Å²) in [5, 5.41) is 12.9. The summed E-state index contributed by atoms with van der Waals surface area (Å²) in [5.74, 6) is -0.828. The molecule has 0 bridgehead atoms. The molecule has 0 amide bonds. The van der Waals surface area contributed by atoms with Crippen molar-refractivity contribution in [1.82, 2.24) is 10.3 Å². The van der Waals surface area contributed by atoms with Crippen molar-refractivity contribution in [3.8, 4) is 6.07 Å². The van der Waals surface area contributed by atoms with Crippen LogP contribution in [-0.4, -0.2) is 18.1 Å². The Bertz CT molecular complexity index is 953. The standard InChI is InChI=1S/C21H19N3O2/c1-13-18(16-8-6-10-23-12-16)20(17-9-5-4-7-15(17)11-22)19(14(2)24-13)21(25)26-3/h4-10,12,20,24H,1-3H3. The summed E-state index contributed by atoms with van der Waals surface area (Å²) in [6.45, 7) is 3.81. The molecule has 5 heteroatoms. The van der Waals surface area contributed by atoms with Gasteiger partial charge in [-0.25, -0.2) is 4.79 Å². The molecule has 5 nitrogen and oxygen atoms in total. The van der Waals surface area contributed by atoms with Crippen LogP contribution in [-0.2, 0) is 9.53 Å².